The van der Waals surface area contributed by atoms with E-state index in [0.29, 0.717) is 83.2 Å². The Balaban J connectivity index is 1.73. The molecular formula is C57H90INO15. The molecule has 3 heterocycles. The molecule has 1 saturated carbocycles. The van der Waals surface area contributed by atoms with E-state index in [0.717, 1.165) is 16.4 Å². The summed E-state index contributed by atoms with van der Waals surface area (Å²) in [6.45, 7) is 14.6. The van der Waals surface area contributed by atoms with Gasteiger partial charge in [-0.25, -0.2) is 4.79 Å². The van der Waals surface area contributed by atoms with Crippen molar-refractivity contribution in [3.63, 3.8) is 0 Å². The van der Waals surface area contributed by atoms with Crippen molar-refractivity contribution >= 4 is 51.8 Å². The lowest BCUT2D eigenvalue weighted by Gasteiger charge is -2.43. The lowest BCUT2D eigenvalue weighted by atomic mass is 9.78. The van der Waals surface area contributed by atoms with E-state index < -0.39 is 71.8 Å². The fourth-order valence-electron chi connectivity index (χ4n) is 11.1. The second-order valence-electron chi connectivity index (χ2n) is 21.3. The van der Waals surface area contributed by atoms with Gasteiger partial charge < -0.3 is 53.0 Å². The minimum absolute atomic E-state index is 0.0396. The average Bonchev–Trinajstić information content (AvgIpc) is 3.38. The van der Waals surface area contributed by atoms with E-state index >= 15 is 0 Å². The molecule has 1 amide bonds. The van der Waals surface area contributed by atoms with Gasteiger partial charge in [-0.05, 0) is 107 Å². The SMILES string of the molecule is CO[C@@H]1/C(C)=C/[C@@H](C)C(=O)C[C@@H]([C@H](C)C[C@@H]2CC[C@@H](OCCO)[C@H](OC)C2)OC(=O)[C@@H]2CCCCN2C(=O)C(=O)[C@]2(O)O[C@@H](CC[C@H]2C)CC(OCCOCCI)/C(C)=C/C=C/C=C/[C@@H](C)C[C@@H](C)C(=O)[C@@H]1OC. The number of carbonyl (C=O) groups is 5. The van der Waals surface area contributed by atoms with Gasteiger partial charge in [0.25, 0.3) is 11.7 Å². The van der Waals surface area contributed by atoms with E-state index in [1.54, 1.807) is 27.0 Å². The molecule has 17 heteroatoms. The van der Waals surface area contributed by atoms with Crippen molar-refractivity contribution in [3.05, 3.63) is 47.6 Å². The number of hydrogen-bond donors (Lipinski definition) is 2. The van der Waals surface area contributed by atoms with Crippen molar-refractivity contribution in [2.45, 2.75) is 180 Å². The smallest absolute Gasteiger partial charge is 0.329 e. The third-order valence-corrected chi connectivity index (χ3v) is 16.0. The third-order valence-electron chi connectivity index (χ3n) is 15.6. The molecule has 74 heavy (non-hydrogen) atoms. The highest BCUT2D eigenvalue weighted by Gasteiger charge is 2.53. The minimum Gasteiger partial charge on any atom is -0.460 e. The van der Waals surface area contributed by atoms with Gasteiger partial charge in [0.05, 0.1) is 57.5 Å². The summed E-state index contributed by atoms with van der Waals surface area (Å²) in [6.07, 6.45) is 13.1. The Morgan fingerprint density at radius 1 is 0.811 bits per heavy atom. The number of halogens is 1. The van der Waals surface area contributed by atoms with Crippen molar-refractivity contribution in [2.24, 2.45) is 35.5 Å². The molecule has 0 radical (unpaired) electrons. The second kappa shape index (κ2) is 32.2. The number of nitrogens with zero attached hydrogens (tertiary/aromatic N) is 1. The van der Waals surface area contributed by atoms with Crippen LogP contribution in [0.1, 0.15) is 126 Å². The molecule has 2 N–H and O–H groups in total. The molecule has 1 unspecified atom stereocenters. The maximum Gasteiger partial charge on any atom is 0.329 e. The zero-order valence-electron chi connectivity index (χ0n) is 46.0. The van der Waals surface area contributed by atoms with Crippen LogP contribution in [0.3, 0.4) is 0 Å². The number of rotatable bonds is 15. The Labute approximate surface area is 455 Å². The van der Waals surface area contributed by atoms with Gasteiger partial charge in [-0.1, -0.05) is 93.7 Å². The fourth-order valence-corrected chi connectivity index (χ4v) is 11.4. The molecule has 0 spiro atoms. The number of aliphatic hydroxyl groups excluding tert-OH is 1. The number of piperidine rings is 1. The van der Waals surface area contributed by atoms with Crippen molar-refractivity contribution in [1.29, 1.82) is 0 Å². The molecule has 16 nitrogen and oxygen atoms in total. The molecule has 2 bridgehead atoms. The number of Topliss-reactive ketones (excluding diaryl/α,β-unsaturated/α-hetero) is 3. The van der Waals surface area contributed by atoms with E-state index in [9.17, 15) is 34.2 Å². The predicted octanol–water partition coefficient (Wildman–Crippen LogP) is 7.67. The standard InChI is InChI=1S/C57H90INO15/c1-36-16-12-11-13-17-37(2)48(72-29-28-70-26-23-58)34-44-21-19-42(7)57(66,74-44)54(63)55(64)59-24-15-14-18-45(59)56(65)73-49(39(4)32-43-20-22-47(71-27-25-60)50(33-43)67-8)35-46(61)38(3)31-41(6)52(68-9)53(69-10)51(62)40(5)30-36/h11-13,16-17,31,36,38-40,42-45,47-50,52-53,60,66H,14-15,18-30,32-35H2,1-10H3/b13-11+,16-12+,37-17+,41-31+/t36-,38-,39-,40-,42-,43+,44+,45+,47-,48?,49+,50-,52-,53+,57-/m1/s1. The maximum atomic E-state index is 14.6. The van der Waals surface area contributed by atoms with Gasteiger partial charge >= 0.3 is 5.97 Å². The molecule has 0 aromatic rings. The van der Waals surface area contributed by atoms with E-state index in [1.807, 2.05) is 65.0 Å². The van der Waals surface area contributed by atoms with Crippen LogP contribution in [0.4, 0.5) is 0 Å². The van der Waals surface area contributed by atoms with Gasteiger partial charge in [-0.3, -0.25) is 19.2 Å². The van der Waals surface area contributed by atoms with E-state index in [1.165, 1.54) is 19.1 Å². The minimum atomic E-state index is -2.46. The van der Waals surface area contributed by atoms with Crippen LogP contribution in [0.25, 0.3) is 0 Å². The lowest BCUT2D eigenvalue weighted by molar-refractivity contribution is -0.266. The zero-order valence-corrected chi connectivity index (χ0v) is 48.2. The van der Waals surface area contributed by atoms with E-state index in [-0.39, 0.29) is 80.0 Å². The molecule has 1 aliphatic carbocycles. The summed E-state index contributed by atoms with van der Waals surface area (Å²) in [5.41, 5.74) is 1.52. The highest BCUT2D eigenvalue weighted by Crippen LogP contribution is 2.38. The van der Waals surface area contributed by atoms with Gasteiger partial charge in [0.2, 0.25) is 5.79 Å². The summed E-state index contributed by atoms with van der Waals surface area (Å²) in [5, 5.41) is 21.6. The van der Waals surface area contributed by atoms with Crippen molar-refractivity contribution < 1.29 is 72.1 Å². The Morgan fingerprint density at radius 3 is 2.24 bits per heavy atom. The maximum absolute atomic E-state index is 14.6. The molecule has 0 aromatic carbocycles. The largest absolute Gasteiger partial charge is 0.460 e. The molecule has 15 atom stereocenters. The Hall–Kier alpha value is -2.72. The molecular weight excluding hydrogens is 1070 g/mol. The van der Waals surface area contributed by atoms with Crippen molar-refractivity contribution in [1.82, 2.24) is 4.90 Å². The lowest BCUT2D eigenvalue weighted by Crippen LogP contribution is -2.61. The van der Waals surface area contributed by atoms with Crippen molar-refractivity contribution in [2.75, 3.05) is 65.3 Å². The summed E-state index contributed by atoms with van der Waals surface area (Å²) in [5.74, 6) is -7.59. The van der Waals surface area contributed by atoms with Crippen LogP contribution in [0.2, 0.25) is 0 Å². The van der Waals surface area contributed by atoms with Crippen LogP contribution >= 0.6 is 22.6 Å². The average molecular weight is 1160 g/mol. The normalized spacial score (nSPS) is 37.0. The fraction of sp³-hybridized carbons (Fsp3) is 0.772. The van der Waals surface area contributed by atoms with E-state index in [4.69, 9.17) is 37.9 Å². The van der Waals surface area contributed by atoms with Crippen LogP contribution in [-0.4, -0.2) is 164 Å². The highest BCUT2D eigenvalue weighted by atomic mass is 127. The van der Waals surface area contributed by atoms with Crippen molar-refractivity contribution in [3.8, 4) is 0 Å². The molecule has 3 fully saturated rings. The summed E-state index contributed by atoms with van der Waals surface area (Å²) in [4.78, 5) is 73.2. The van der Waals surface area contributed by atoms with Crippen LogP contribution in [0.5, 0.6) is 0 Å². The molecule has 420 valence electrons. The van der Waals surface area contributed by atoms with Crippen LogP contribution < -0.4 is 0 Å². The molecule has 3 aliphatic heterocycles. The summed E-state index contributed by atoms with van der Waals surface area (Å²) in [7, 11) is 4.63. The van der Waals surface area contributed by atoms with Gasteiger partial charge in [0, 0.05) is 62.9 Å². The number of allylic oxidation sites excluding steroid dienone is 6. The first-order chi connectivity index (χ1) is 35.3. The third kappa shape index (κ3) is 18.5. The number of carbonyl (C=O) groups excluding carboxylic acids is 5. The number of fused-ring (bicyclic) bond motifs is 3. The van der Waals surface area contributed by atoms with Gasteiger partial charge in [0.15, 0.2) is 5.78 Å². The number of aliphatic hydroxyl groups is 2. The number of ketones is 3. The molecule has 0 aromatic heterocycles. The van der Waals surface area contributed by atoms with Gasteiger partial charge in [-0.2, -0.15) is 0 Å². The number of esters is 1. The highest BCUT2D eigenvalue weighted by molar-refractivity contribution is 14.1. The number of cyclic esters (lactones) is 1. The van der Waals surface area contributed by atoms with Crippen LogP contribution in [-0.2, 0) is 61.9 Å². The summed E-state index contributed by atoms with van der Waals surface area (Å²) in [6, 6.07) is -1.14. The number of amides is 1. The summed E-state index contributed by atoms with van der Waals surface area (Å²) >= 11 is 2.25. The van der Waals surface area contributed by atoms with Gasteiger partial charge in [-0.15, -0.1) is 0 Å². The number of ether oxygens (including phenoxy) is 8. The topological polar surface area (TPSA) is 203 Å². The van der Waals surface area contributed by atoms with Crippen LogP contribution in [0.15, 0.2) is 47.6 Å². The Morgan fingerprint density at radius 2 is 1.55 bits per heavy atom. The monoisotopic (exact) mass is 1160 g/mol. The predicted molar refractivity (Wildman–Crippen MR) is 289 cm³/mol. The van der Waals surface area contributed by atoms with Crippen LogP contribution in [0, 0.1) is 35.5 Å². The first-order valence-corrected chi connectivity index (χ1v) is 28.6. The summed E-state index contributed by atoms with van der Waals surface area (Å²) < 4.78 is 49.0. The Kier molecular flexibility index (Phi) is 27.8. The van der Waals surface area contributed by atoms with Gasteiger partial charge in [0.1, 0.15) is 30.1 Å². The number of methoxy groups -OCH3 is 3. The molecule has 4 aliphatic rings. The Bertz CT molecular complexity index is 1920. The first-order valence-electron chi connectivity index (χ1n) is 27.1. The zero-order chi connectivity index (χ0) is 54.5. The molecule has 4 rings (SSSR count). The molecule has 2 saturated heterocycles. The second-order valence-corrected chi connectivity index (χ2v) is 22.4. The quantitative estimate of drug-likeness (QED) is 0.0404. The number of alkyl halides is 1. The number of hydrogen-bond acceptors (Lipinski definition) is 15. The first kappa shape index (κ1) is 63.8. The van der Waals surface area contributed by atoms with E-state index in [2.05, 4.69) is 22.6 Å².